The lowest BCUT2D eigenvalue weighted by Gasteiger charge is -2.19. The number of hydrogen-bond donors (Lipinski definition) is 4. The maximum atomic E-state index is 12.6. The van der Waals surface area contributed by atoms with Gasteiger partial charge in [0.1, 0.15) is 0 Å². The van der Waals surface area contributed by atoms with Gasteiger partial charge in [0.05, 0.1) is 77.8 Å². The van der Waals surface area contributed by atoms with Gasteiger partial charge in [0.15, 0.2) is 0 Å². The second-order valence-electron chi connectivity index (χ2n) is 15.6. The van der Waals surface area contributed by atoms with Crippen molar-refractivity contribution < 1.29 is 47.6 Å². The number of rotatable bonds is 49. The van der Waals surface area contributed by atoms with Gasteiger partial charge in [-0.25, -0.2) is 0 Å². The molecule has 0 fully saturated rings. The zero-order valence-corrected chi connectivity index (χ0v) is 39.0. The number of amides is 1. The van der Waals surface area contributed by atoms with E-state index in [4.69, 9.17) is 43.9 Å². The number of nitrogens with one attached hydrogen (secondary N) is 1. The van der Waals surface area contributed by atoms with Crippen molar-refractivity contribution in [3.8, 4) is 0 Å². The fourth-order valence-corrected chi connectivity index (χ4v) is 7.69. The Hall–Kier alpha value is -0.310. The minimum Gasteiger partial charge on any atom is -0.379 e. The van der Waals surface area contributed by atoms with E-state index in [0.29, 0.717) is 58.5 Å². The Morgan fingerprint density at radius 3 is 1.38 bits per heavy atom. The Morgan fingerprint density at radius 2 is 0.931 bits per heavy atom. The molecular formula is C44H91N2O10PS. The van der Waals surface area contributed by atoms with Crippen LogP contribution in [-0.2, 0) is 37.8 Å². The Labute approximate surface area is 359 Å². The van der Waals surface area contributed by atoms with E-state index in [-0.39, 0.29) is 31.4 Å². The minimum absolute atomic E-state index is 0.00227. The van der Waals surface area contributed by atoms with Gasteiger partial charge >= 0.3 is 7.60 Å². The monoisotopic (exact) mass is 871 g/mol. The predicted molar refractivity (Wildman–Crippen MR) is 241 cm³/mol. The minimum atomic E-state index is -4.02. The summed E-state index contributed by atoms with van der Waals surface area (Å²) in [6, 6.07) is -0.608. The summed E-state index contributed by atoms with van der Waals surface area (Å²) in [6.45, 7) is 9.54. The number of thioether (sulfide) groups is 1. The number of ether oxygens (including phenoxy) is 6. The first kappa shape index (κ1) is 57.7. The van der Waals surface area contributed by atoms with Crippen molar-refractivity contribution in [3.63, 3.8) is 0 Å². The molecule has 0 unspecified atom stereocenters. The second-order valence-corrected chi connectivity index (χ2v) is 18.5. The predicted octanol–water partition coefficient (Wildman–Crippen LogP) is 9.21. The molecule has 0 bridgehead atoms. The molecule has 5 N–H and O–H groups in total. The van der Waals surface area contributed by atoms with Crippen LogP contribution in [0.1, 0.15) is 168 Å². The highest BCUT2D eigenvalue weighted by Crippen LogP contribution is 2.33. The average Bonchev–Trinajstić information content (AvgIpc) is 3.20. The van der Waals surface area contributed by atoms with Crippen LogP contribution >= 0.6 is 19.4 Å². The van der Waals surface area contributed by atoms with E-state index in [1.807, 2.05) is 0 Å². The number of carbonyl (C=O) groups excluding carboxylic acids is 1. The van der Waals surface area contributed by atoms with Crippen LogP contribution in [0.15, 0.2) is 0 Å². The van der Waals surface area contributed by atoms with Crippen molar-refractivity contribution in [2.24, 2.45) is 5.73 Å². The molecule has 0 saturated heterocycles. The molecule has 2 atom stereocenters. The third-order valence-corrected chi connectivity index (χ3v) is 11.9. The fourth-order valence-electron chi connectivity index (χ4n) is 6.32. The molecule has 1 amide bonds. The van der Waals surface area contributed by atoms with Gasteiger partial charge in [-0.1, -0.05) is 155 Å². The molecule has 0 rings (SSSR count). The summed E-state index contributed by atoms with van der Waals surface area (Å²) in [5, 5.41) is 2.86. The molecular weight excluding hydrogens is 780 g/mol. The van der Waals surface area contributed by atoms with Gasteiger partial charge in [0.2, 0.25) is 5.91 Å². The molecule has 0 aromatic carbocycles. The van der Waals surface area contributed by atoms with E-state index in [1.54, 1.807) is 11.8 Å². The molecule has 0 radical (unpaired) electrons. The van der Waals surface area contributed by atoms with E-state index in [1.165, 1.54) is 141 Å². The van der Waals surface area contributed by atoms with Crippen LogP contribution in [0.3, 0.4) is 0 Å². The Bertz CT molecular complexity index is 891. The van der Waals surface area contributed by atoms with Gasteiger partial charge in [-0.15, -0.1) is 0 Å². The molecule has 348 valence electrons. The molecule has 0 aromatic heterocycles. The first-order valence-corrected chi connectivity index (χ1v) is 26.4. The zero-order chi connectivity index (χ0) is 42.5. The van der Waals surface area contributed by atoms with Gasteiger partial charge in [0, 0.05) is 31.3 Å². The third-order valence-electron chi connectivity index (χ3n) is 9.92. The Kier molecular flexibility index (Phi) is 46.0. The van der Waals surface area contributed by atoms with Crippen LogP contribution in [0.4, 0.5) is 0 Å². The number of hydrogen-bond acceptors (Lipinski definition) is 10. The summed E-state index contributed by atoms with van der Waals surface area (Å²) in [4.78, 5) is 30.1. The highest BCUT2D eigenvalue weighted by molar-refractivity contribution is 7.99. The maximum absolute atomic E-state index is 12.6. The van der Waals surface area contributed by atoms with Gasteiger partial charge in [-0.05, 0) is 12.8 Å². The van der Waals surface area contributed by atoms with Crippen LogP contribution < -0.4 is 11.1 Å². The lowest BCUT2D eigenvalue weighted by atomic mass is 10.0. The van der Waals surface area contributed by atoms with Crippen LogP contribution in [-0.4, -0.2) is 125 Å². The molecule has 0 aliphatic rings. The molecule has 12 nitrogen and oxygen atoms in total. The van der Waals surface area contributed by atoms with Gasteiger partial charge in [0.25, 0.3) is 0 Å². The lowest BCUT2D eigenvalue weighted by Crippen LogP contribution is -2.43. The van der Waals surface area contributed by atoms with Gasteiger partial charge in [-0.2, -0.15) is 11.8 Å². The van der Waals surface area contributed by atoms with Crippen LogP contribution in [0.5, 0.6) is 0 Å². The number of nitrogens with two attached hydrogens (primary N) is 1. The molecule has 58 heavy (non-hydrogen) atoms. The summed E-state index contributed by atoms with van der Waals surface area (Å²) >= 11 is 1.65. The standard InChI is InChI=1S/C44H91N2O10PS/c1-3-5-7-9-11-13-15-16-17-18-20-22-24-26-29-56-42(39-55-28-25-23-21-19-14-12-10-8-6-4-2)40-58-41-43(45)44(47)46-27-30-51-31-32-52-33-34-53-35-36-54-37-38-57(48,49)50/h42-43H,3-41,45H2,1-2H3,(H,46,47)(H2,48,49,50)/t42-,43+/m1/s1. The molecule has 0 aromatic rings. The Balaban J connectivity index is 4.11. The van der Waals surface area contributed by atoms with Gasteiger partial charge in [-0.3, -0.25) is 9.36 Å². The van der Waals surface area contributed by atoms with E-state index in [2.05, 4.69) is 19.2 Å². The quantitative estimate of drug-likeness (QED) is 0.0339. The largest absolute Gasteiger partial charge is 0.379 e. The van der Waals surface area contributed by atoms with Crippen molar-refractivity contribution in [1.82, 2.24) is 5.32 Å². The normalized spacial score (nSPS) is 13.0. The topological polar surface area (TPSA) is 168 Å². The summed E-state index contributed by atoms with van der Waals surface area (Å²) in [5.41, 5.74) is 6.21. The molecule has 0 spiro atoms. The summed E-state index contributed by atoms with van der Waals surface area (Å²) in [7, 11) is -4.02. The van der Waals surface area contributed by atoms with Crippen molar-refractivity contribution in [2.45, 2.75) is 180 Å². The first-order chi connectivity index (χ1) is 28.3. The van der Waals surface area contributed by atoms with Crippen LogP contribution in [0, 0.1) is 0 Å². The SMILES string of the molecule is CCCCCCCCCCCCCCCCO[C@H](COCCCCCCCCCCCC)CSC[C@H](N)C(=O)NCCOCCOCCOCCOCCP(=O)(O)O. The van der Waals surface area contributed by atoms with E-state index in [0.717, 1.165) is 31.8 Å². The van der Waals surface area contributed by atoms with Crippen LogP contribution in [0.25, 0.3) is 0 Å². The summed E-state index contributed by atoms with van der Waals surface area (Å²) in [5.74, 6) is 1.07. The van der Waals surface area contributed by atoms with E-state index >= 15 is 0 Å². The molecule has 0 aliphatic carbocycles. The third kappa shape index (κ3) is 46.8. The second kappa shape index (κ2) is 46.2. The maximum Gasteiger partial charge on any atom is 0.327 e. The lowest BCUT2D eigenvalue weighted by molar-refractivity contribution is -0.122. The van der Waals surface area contributed by atoms with Crippen molar-refractivity contribution >= 4 is 25.3 Å². The highest BCUT2D eigenvalue weighted by atomic mass is 32.2. The number of carbonyl (C=O) groups is 1. The number of unbranched alkanes of at least 4 members (excludes halogenated alkanes) is 22. The van der Waals surface area contributed by atoms with Crippen molar-refractivity contribution in [2.75, 3.05) is 96.9 Å². The van der Waals surface area contributed by atoms with E-state index in [9.17, 15) is 9.36 Å². The zero-order valence-electron chi connectivity index (χ0n) is 37.3. The molecule has 14 heteroatoms. The van der Waals surface area contributed by atoms with Crippen molar-refractivity contribution in [1.29, 1.82) is 0 Å². The fraction of sp³-hybridized carbons (Fsp3) is 0.977. The smallest absolute Gasteiger partial charge is 0.327 e. The van der Waals surface area contributed by atoms with Crippen LogP contribution in [0.2, 0.25) is 0 Å². The van der Waals surface area contributed by atoms with Crippen molar-refractivity contribution in [3.05, 3.63) is 0 Å². The van der Waals surface area contributed by atoms with Gasteiger partial charge < -0.3 is 49.3 Å². The molecule has 0 aliphatic heterocycles. The van der Waals surface area contributed by atoms with E-state index < -0.39 is 13.6 Å². The average molecular weight is 871 g/mol. The molecule has 0 saturated carbocycles. The first-order valence-electron chi connectivity index (χ1n) is 23.5. The summed E-state index contributed by atoms with van der Waals surface area (Å²) in [6.07, 6.45) is 31.6. The Morgan fingerprint density at radius 1 is 0.534 bits per heavy atom. The highest BCUT2D eigenvalue weighted by Gasteiger charge is 2.16. The summed E-state index contributed by atoms with van der Waals surface area (Å²) < 4.78 is 44.6. The molecule has 0 heterocycles.